The predicted octanol–water partition coefficient (Wildman–Crippen LogP) is 1.16. The van der Waals surface area contributed by atoms with Crippen molar-refractivity contribution in [3.8, 4) is 0 Å². The van der Waals surface area contributed by atoms with Gasteiger partial charge in [-0.2, -0.15) is 0 Å². The van der Waals surface area contributed by atoms with Crippen LogP contribution in [0.25, 0.3) is 0 Å². The van der Waals surface area contributed by atoms with Crippen molar-refractivity contribution in [2.24, 2.45) is 5.92 Å². The van der Waals surface area contributed by atoms with E-state index in [1.165, 1.54) is 24.2 Å². The second-order valence-corrected chi connectivity index (χ2v) is 4.77. The standard InChI is InChI=1S/C12H22N2O2/c1-14(2)12(16)9-13-11(15)8-10-6-4-3-5-7-10/h10H,3-9H2,1-2H3,(H,13,15). The average Bonchev–Trinajstić information content (AvgIpc) is 2.27. The van der Waals surface area contributed by atoms with Crippen LogP contribution in [0.1, 0.15) is 38.5 Å². The number of nitrogens with one attached hydrogen (secondary N) is 1. The molecule has 1 aliphatic rings. The molecule has 0 atom stereocenters. The van der Waals surface area contributed by atoms with Crippen LogP contribution < -0.4 is 5.32 Å². The first kappa shape index (κ1) is 13.0. The van der Waals surface area contributed by atoms with Gasteiger partial charge in [0.1, 0.15) is 0 Å². The monoisotopic (exact) mass is 226 g/mol. The van der Waals surface area contributed by atoms with E-state index in [2.05, 4.69) is 5.32 Å². The fourth-order valence-electron chi connectivity index (χ4n) is 2.06. The Morgan fingerprint density at radius 3 is 2.38 bits per heavy atom. The first-order valence-electron chi connectivity index (χ1n) is 6.06. The largest absolute Gasteiger partial charge is 0.347 e. The molecule has 1 N–H and O–H groups in total. The van der Waals surface area contributed by atoms with Crippen molar-refractivity contribution in [1.82, 2.24) is 10.2 Å². The number of nitrogens with zero attached hydrogens (tertiary/aromatic N) is 1. The van der Waals surface area contributed by atoms with Crippen LogP contribution in [0, 0.1) is 5.92 Å². The van der Waals surface area contributed by atoms with Crippen LogP contribution in [-0.4, -0.2) is 37.4 Å². The van der Waals surface area contributed by atoms with Crippen LogP contribution >= 0.6 is 0 Å². The van der Waals surface area contributed by atoms with Crippen molar-refractivity contribution in [3.05, 3.63) is 0 Å². The van der Waals surface area contributed by atoms with Gasteiger partial charge in [-0.3, -0.25) is 9.59 Å². The molecule has 0 aromatic heterocycles. The van der Waals surface area contributed by atoms with E-state index in [1.54, 1.807) is 14.1 Å². The minimum absolute atomic E-state index is 0.0158. The molecule has 1 saturated carbocycles. The fraction of sp³-hybridized carbons (Fsp3) is 0.833. The third kappa shape index (κ3) is 4.64. The number of carbonyl (C=O) groups excluding carboxylic acids is 2. The zero-order valence-electron chi connectivity index (χ0n) is 10.3. The molecule has 0 unspecified atom stereocenters. The summed E-state index contributed by atoms with van der Waals surface area (Å²) < 4.78 is 0. The molecule has 0 radical (unpaired) electrons. The van der Waals surface area contributed by atoms with Crippen LogP contribution in [-0.2, 0) is 9.59 Å². The van der Waals surface area contributed by atoms with Crippen LogP contribution in [0.2, 0.25) is 0 Å². The zero-order valence-corrected chi connectivity index (χ0v) is 10.3. The Morgan fingerprint density at radius 2 is 1.81 bits per heavy atom. The van der Waals surface area contributed by atoms with Gasteiger partial charge in [-0.1, -0.05) is 19.3 Å². The highest BCUT2D eigenvalue weighted by Crippen LogP contribution is 2.25. The number of hydrogen-bond donors (Lipinski definition) is 1. The van der Waals surface area contributed by atoms with E-state index in [0.29, 0.717) is 12.3 Å². The van der Waals surface area contributed by atoms with Gasteiger partial charge in [-0.25, -0.2) is 0 Å². The summed E-state index contributed by atoms with van der Waals surface area (Å²) in [5.74, 6) is 0.488. The highest BCUT2D eigenvalue weighted by Gasteiger charge is 2.17. The minimum Gasteiger partial charge on any atom is -0.347 e. The Hall–Kier alpha value is -1.06. The lowest BCUT2D eigenvalue weighted by atomic mass is 9.87. The molecule has 0 heterocycles. The number of hydrogen-bond acceptors (Lipinski definition) is 2. The number of rotatable bonds is 4. The third-order valence-electron chi connectivity index (χ3n) is 3.13. The summed E-state index contributed by atoms with van der Waals surface area (Å²) in [6.45, 7) is 0.124. The van der Waals surface area contributed by atoms with Gasteiger partial charge in [0.2, 0.25) is 11.8 Å². The maximum absolute atomic E-state index is 11.6. The van der Waals surface area contributed by atoms with Gasteiger partial charge >= 0.3 is 0 Å². The van der Waals surface area contributed by atoms with E-state index in [0.717, 1.165) is 12.8 Å². The molecule has 0 spiro atoms. The maximum Gasteiger partial charge on any atom is 0.241 e. The van der Waals surface area contributed by atoms with Crippen molar-refractivity contribution in [1.29, 1.82) is 0 Å². The van der Waals surface area contributed by atoms with Gasteiger partial charge in [-0.15, -0.1) is 0 Å². The van der Waals surface area contributed by atoms with E-state index < -0.39 is 0 Å². The summed E-state index contributed by atoms with van der Waals surface area (Å²) in [4.78, 5) is 24.3. The molecule has 4 heteroatoms. The normalized spacial score (nSPS) is 16.9. The molecule has 0 aliphatic heterocycles. The van der Waals surface area contributed by atoms with E-state index in [9.17, 15) is 9.59 Å². The highest BCUT2D eigenvalue weighted by molar-refractivity contribution is 5.84. The number of amides is 2. The SMILES string of the molecule is CN(C)C(=O)CNC(=O)CC1CCCCC1. The Labute approximate surface area is 97.4 Å². The summed E-state index contributed by atoms with van der Waals surface area (Å²) in [7, 11) is 3.38. The van der Waals surface area contributed by atoms with Crippen molar-refractivity contribution < 1.29 is 9.59 Å². The average molecular weight is 226 g/mol. The van der Waals surface area contributed by atoms with Crippen LogP contribution in [0.15, 0.2) is 0 Å². The molecular weight excluding hydrogens is 204 g/mol. The Bertz CT molecular complexity index is 245. The molecule has 1 rings (SSSR count). The van der Waals surface area contributed by atoms with E-state index in [1.807, 2.05) is 0 Å². The number of likely N-dealkylation sites (N-methyl/N-ethyl adjacent to an activating group) is 1. The molecule has 0 saturated heterocycles. The summed E-state index contributed by atoms with van der Waals surface area (Å²) in [6, 6.07) is 0. The van der Waals surface area contributed by atoms with Crippen LogP contribution in [0.5, 0.6) is 0 Å². The van der Waals surface area contributed by atoms with Gasteiger partial charge in [0.15, 0.2) is 0 Å². The summed E-state index contributed by atoms with van der Waals surface area (Å²) >= 11 is 0. The quantitative estimate of drug-likeness (QED) is 0.782. The van der Waals surface area contributed by atoms with Gasteiger partial charge < -0.3 is 10.2 Å². The van der Waals surface area contributed by atoms with Gasteiger partial charge in [0.05, 0.1) is 6.54 Å². The second kappa shape index (κ2) is 6.51. The van der Waals surface area contributed by atoms with Crippen LogP contribution in [0.3, 0.4) is 0 Å². The molecule has 92 valence electrons. The predicted molar refractivity (Wildman–Crippen MR) is 62.9 cm³/mol. The van der Waals surface area contributed by atoms with Crippen molar-refractivity contribution >= 4 is 11.8 Å². The van der Waals surface area contributed by atoms with Crippen molar-refractivity contribution in [2.45, 2.75) is 38.5 Å². The van der Waals surface area contributed by atoms with Crippen molar-refractivity contribution in [2.75, 3.05) is 20.6 Å². The molecule has 2 amide bonds. The zero-order chi connectivity index (χ0) is 12.0. The molecule has 0 aromatic rings. The molecule has 0 aromatic carbocycles. The second-order valence-electron chi connectivity index (χ2n) is 4.77. The van der Waals surface area contributed by atoms with E-state index in [-0.39, 0.29) is 18.4 Å². The molecule has 16 heavy (non-hydrogen) atoms. The van der Waals surface area contributed by atoms with E-state index >= 15 is 0 Å². The maximum atomic E-state index is 11.6. The lowest BCUT2D eigenvalue weighted by Gasteiger charge is -2.21. The topological polar surface area (TPSA) is 49.4 Å². The Balaban J connectivity index is 2.17. The molecule has 0 bridgehead atoms. The summed E-state index contributed by atoms with van der Waals surface area (Å²) in [5, 5.41) is 2.68. The fourth-order valence-corrected chi connectivity index (χ4v) is 2.06. The third-order valence-corrected chi connectivity index (χ3v) is 3.13. The van der Waals surface area contributed by atoms with E-state index in [4.69, 9.17) is 0 Å². The Kier molecular flexibility index (Phi) is 5.29. The lowest BCUT2D eigenvalue weighted by molar-refractivity contribution is -0.131. The van der Waals surface area contributed by atoms with Gasteiger partial charge in [0, 0.05) is 20.5 Å². The number of carbonyl (C=O) groups is 2. The first-order chi connectivity index (χ1) is 7.59. The van der Waals surface area contributed by atoms with Crippen LogP contribution in [0.4, 0.5) is 0 Å². The highest BCUT2D eigenvalue weighted by atomic mass is 16.2. The lowest BCUT2D eigenvalue weighted by Crippen LogP contribution is -2.36. The molecule has 1 fully saturated rings. The van der Waals surface area contributed by atoms with Gasteiger partial charge in [-0.05, 0) is 18.8 Å². The summed E-state index contributed by atoms with van der Waals surface area (Å²) in [6.07, 6.45) is 6.70. The minimum atomic E-state index is -0.0583. The first-order valence-corrected chi connectivity index (χ1v) is 6.06. The van der Waals surface area contributed by atoms with Crippen molar-refractivity contribution in [3.63, 3.8) is 0 Å². The summed E-state index contributed by atoms with van der Waals surface area (Å²) in [5.41, 5.74) is 0. The smallest absolute Gasteiger partial charge is 0.241 e. The Morgan fingerprint density at radius 1 is 1.19 bits per heavy atom. The molecular formula is C12H22N2O2. The molecule has 4 nitrogen and oxygen atoms in total. The van der Waals surface area contributed by atoms with Gasteiger partial charge in [0.25, 0.3) is 0 Å². The molecule has 1 aliphatic carbocycles.